The molecule has 1 heterocycles. The maximum absolute atomic E-state index is 4.62. The van der Waals surface area contributed by atoms with Gasteiger partial charge in [0.15, 0.2) is 0 Å². The van der Waals surface area contributed by atoms with Crippen LogP contribution in [0.4, 0.5) is 0 Å². The van der Waals surface area contributed by atoms with E-state index in [1.807, 2.05) is 6.20 Å². The fraction of sp³-hybridized carbons (Fsp3) is 0.833. The van der Waals surface area contributed by atoms with Crippen molar-refractivity contribution in [2.24, 2.45) is 11.3 Å². The number of nitrogens with one attached hydrogen (secondary N) is 1. The molecule has 1 aromatic heterocycles. The van der Waals surface area contributed by atoms with Gasteiger partial charge in [0, 0.05) is 12.2 Å². The van der Waals surface area contributed by atoms with Gasteiger partial charge in [-0.1, -0.05) is 34.1 Å². The Kier molecular flexibility index (Phi) is 5.48. The molecule has 2 rings (SSSR count). The van der Waals surface area contributed by atoms with Crippen LogP contribution < -0.4 is 5.32 Å². The fourth-order valence-electron chi connectivity index (χ4n) is 3.62. The molecule has 120 valence electrons. The normalized spacial score (nSPS) is 27.0. The fourth-order valence-corrected chi connectivity index (χ4v) is 3.62. The Labute approximate surface area is 130 Å². The van der Waals surface area contributed by atoms with Crippen LogP contribution in [0.2, 0.25) is 0 Å². The molecule has 1 aliphatic rings. The summed E-state index contributed by atoms with van der Waals surface area (Å²) in [5, 5.41) is 8.38. The number of nitrogens with zero attached hydrogens (tertiary/aromatic N) is 2. The molecule has 0 aromatic carbocycles. The molecule has 1 saturated carbocycles. The van der Waals surface area contributed by atoms with Crippen molar-refractivity contribution in [3.63, 3.8) is 0 Å². The molecule has 3 heteroatoms. The van der Waals surface area contributed by atoms with Gasteiger partial charge in [-0.05, 0) is 56.0 Å². The summed E-state index contributed by atoms with van der Waals surface area (Å²) in [7, 11) is 0. The van der Waals surface area contributed by atoms with E-state index in [1.165, 1.54) is 37.7 Å². The Balaban J connectivity index is 2.15. The zero-order valence-electron chi connectivity index (χ0n) is 14.5. The van der Waals surface area contributed by atoms with Crippen LogP contribution in [0.1, 0.15) is 71.4 Å². The molecule has 0 spiro atoms. The van der Waals surface area contributed by atoms with Crippen molar-refractivity contribution >= 4 is 0 Å². The van der Waals surface area contributed by atoms with Gasteiger partial charge in [0.2, 0.25) is 0 Å². The lowest BCUT2D eigenvalue weighted by atomic mass is 9.67. The Hall–Kier alpha value is -0.830. The van der Waals surface area contributed by atoms with Gasteiger partial charge in [-0.2, -0.15) is 5.10 Å². The Morgan fingerprint density at radius 1 is 1.33 bits per heavy atom. The summed E-state index contributed by atoms with van der Waals surface area (Å²) >= 11 is 0. The minimum atomic E-state index is 0.441. The highest BCUT2D eigenvalue weighted by molar-refractivity contribution is 5.03. The molecular formula is C18H33N3. The minimum absolute atomic E-state index is 0.441. The summed E-state index contributed by atoms with van der Waals surface area (Å²) in [5.41, 5.74) is 1.71. The summed E-state index contributed by atoms with van der Waals surface area (Å²) in [6.45, 7) is 12.7. The average molecular weight is 291 g/mol. The summed E-state index contributed by atoms with van der Waals surface area (Å²) in [5.74, 6) is 0.802. The summed E-state index contributed by atoms with van der Waals surface area (Å²) < 4.78 is 2.22. The van der Waals surface area contributed by atoms with Crippen LogP contribution in [-0.4, -0.2) is 22.4 Å². The van der Waals surface area contributed by atoms with Crippen molar-refractivity contribution in [3.05, 3.63) is 18.0 Å². The molecular weight excluding hydrogens is 258 g/mol. The van der Waals surface area contributed by atoms with Gasteiger partial charge in [-0.15, -0.1) is 0 Å². The smallest absolute Gasteiger partial charge is 0.0675 e. The van der Waals surface area contributed by atoms with E-state index in [2.05, 4.69) is 55.9 Å². The van der Waals surface area contributed by atoms with Crippen LogP contribution in [0.3, 0.4) is 0 Å². The van der Waals surface area contributed by atoms with Crippen molar-refractivity contribution in [2.75, 3.05) is 6.54 Å². The summed E-state index contributed by atoms with van der Waals surface area (Å²) in [6, 6.07) is 1.09. The van der Waals surface area contributed by atoms with Crippen molar-refractivity contribution in [1.29, 1.82) is 0 Å². The quantitative estimate of drug-likeness (QED) is 0.845. The van der Waals surface area contributed by atoms with Crippen LogP contribution >= 0.6 is 0 Å². The number of aromatic nitrogens is 2. The topological polar surface area (TPSA) is 29.9 Å². The van der Waals surface area contributed by atoms with E-state index in [4.69, 9.17) is 0 Å². The molecule has 0 amide bonds. The third kappa shape index (κ3) is 3.88. The third-order valence-electron chi connectivity index (χ3n) is 5.56. The largest absolute Gasteiger partial charge is 0.312 e. The molecule has 3 unspecified atom stereocenters. The highest BCUT2D eigenvalue weighted by atomic mass is 15.3. The highest BCUT2D eigenvalue weighted by Crippen LogP contribution is 2.44. The Morgan fingerprint density at radius 3 is 2.67 bits per heavy atom. The van der Waals surface area contributed by atoms with Crippen LogP contribution in [0.25, 0.3) is 0 Å². The molecule has 1 fully saturated rings. The molecule has 3 nitrogen and oxygen atoms in total. The van der Waals surface area contributed by atoms with Gasteiger partial charge < -0.3 is 5.32 Å². The molecule has 1 N–H and O–H groups in total. The summed E-state index contributed by atoms with van der Waals surface area (Å²) in [6.07, 6.45) is 10.5. The predicted molar refractivity (Wildman–Crippen MR) is 89.5 cm³/mol. The van der Waals surface area contributed by atoms with Gasteiger partial charge in [0.25, 0.3) is 0 Å². The van der Waals surface area contributed by atoms with Gasteiger partial charge in [0.1, 0.15) is 0 Å². The zero-order valence-corrected chi connectivity index (χ0v) is 14.5. The van der Waals surface area contributed by atoms with Crippen LogP contribution in [-0.2, 0) is 0 Å². The van der Waals surface area contributed by atoms with Crippen molar-refractivity contribution in [3.8, 4) is 0 Å². The molecule has 0 radical (unpaired) electrons. The second-order valence-corrected chi connectivity index (χ2v) is 7.48. The molecule has 0 bridgehead atoms. The maximum atomic E-state index is 4.62. The molecule has 1 aromatic rings. The number of aryl methyl sites for hydroxylation is 1. The molecule has 0 aliphatic heterocycles. The van der Waals surface area contributed by atoms with E-state index < -0.39 is 0 Å². The van der Waals surface area contributed by atoms with E-state index in [-0.39, 0.29) is 0 Å². The van der Waals surface area contributed by atoms with Gasteiger partial charge in [-0.25, -0.2) is 0 Å². The van der Waals surface area contributed by atoms with Crippen LogP contribution in [0, 0.1) is 18.3 Å². The first kappa shape index (κ1) is 16.5. The maximum Gasteiger partial charge on any atom is 0.0675 e. The third-order valence-corrected chi connectivity index (χ3v) is 5.56. The SMILES string of the molecule is CCCNC1CCC(C(C)(C)CC)CC1n1cc(C)cn1. The predicted octanol–water partition coefficient (Wildman–Crippen LogP) is 4.34. The lowest BCUT2D eigenvalue weighted by Gasteiger charge is -2.43. The number of hydrogen-bond acceptors (Lipinski definition) is 2. The lowest BCUT2D eigenvalue weighted by molar-refractivity contribution is 0.0961. The Morgan fingerprint density at radius 2 is 2.10 bits per heavy atom. The second-order valence-electron chi connectivity index (χ2n) is 7.48. The van der Waals surface area contributed by atoms with E-state index in [9.17, 15) is 0 Å². The minimum Gasteiger partial charge on any atom is -0.312 e. The number of rotatable bonds is 6. The van der Waals surface area contributed by atoms with Crippen LogP contribution in [0.5, 0.6) is 0 Å². The van der Waals surface area contributed by atoms with Gasteiger partial charge in [0.05, 0.1) is 12.2 Å². The molecule has 3 atom stereocenters. The average Bonchev–Trinajstić information content (AvgIpc) is 2.91. The highest BCUT2D eigenvalue weighted by Gasteiger charge is 2.38. The second kappa shape index (κ2) is 6.95. The number of hydrogen-bond donors (Lipinski definition) is 1. The lowest BCUT2D eigenvalue weighted by Crippen LogP contribution is -2.44. The Bertz CT molecular complexity index is 435. The van der Waals surface area contributed by atoms with E-state index in [0.29, 0.717) is 17.5 Å². The van der Waals surface area contributed by atoms with E-state index in [1.54, 1.807) is 0 Å². The monoisotopic (exact) mass is 291 g/mol. The van der Waals surface area contributed by atoms with E-state index >= 15 is 0 Å². The first-order valence-corrected chi connectivity index (χ1v) is 8.72. The molecule has 1 aliphatic carbocycles. The first-order chi connectivity index (χ1) is 9.97. The van der Waals surface area contributed by atoms with Crippen molar-refractivity contribution in [2.45, 2.75) is 78.8 Å². The molecule has 0 saturated heterocycles. The molecule has 21 heavy (non-hydrogen) atoms. The van der Waals surface area contributed by atoms with E-state index in [0.717, 1.165) is 12.5 Å². The summed E-state index contributed by atoms with van der Waals surface area (Å²) in [4.78, 5) is 0. The van der Waals surface area contributed by atoms with Gasteiger partial charge >= 0.3 is 0 Å². The van der Waals surface area contributed by atoms with Gasteiger partial charge in [-0.3, -0.25) is 4.68 Å². The standard InChI is InChI=1S/C18H33N3/c1-6-10-19-16-9-8-15(18(4,5)7-2)11-17(16)21-13-14(3)12-20-21/h12-13,15-17,19H,6-11H2,1-5H3. The first-order valence-electron chi connectivity index (χ1n) is 8.72. The van der Waals surface area contributed by atoms with Crippen LogP contribution in [0.15, 0.2) is 12.4 Å². The zero-order chi connectivity index (χ0) is 15.5. The van der Waals surface area contributed by atoms with Crippen molar-refractivity contribution < 1.29 is 0 Å². The van der Waals surface area contributed by atoms with Crippen molar-refractivity contribution in [1.82, 2.24) is 15.1 Å².